The molecule has 0 aliphatic heterocycles. The van der Waals surface area contributed by atoms with Gasteiger partial charge in [-0.15, -0.1) is 0 Å². The fraction of sp³-hybridized carbons (Fsp3) is 0.400. The van der Waals surface area contributed by atoms with Crippen LogP contribution in [0.3, 0.4) is 0 Å². The third-order valence-electron chi connectivity index (χ3n) is 3.91. The van der Waals surface area contributed by atoms with Crippen molar-refractivity contribution in [2.75, 3.05) is 6.61 Å². The second-order valence-corrected chi connectivity index (χ2v) is 5.40. The quantitative estimate of drug-likeness (QED) is 0.763. The lowest BCUT2D eigenvalue weighted by molar-refractivity contribution is 0.0902. The zero-order chi connectivity index (χ0) is 14.8. The van der Waals surface area contributed by atoms with Crippen molar-refractivity contribution in [3.63, 3.8) is 0 Å². The van der Waals surface area contributed by atoms with Crippen LogP contribution in [-0.2, 0) is 0 Å². The van der Waals surface area contributed by atoms with Gasteiger partial charge in [0.05, 0.1) is 23.3 Å². The average molecular weight is 287 g/mol. The van der Waals surface area contributed by atoms with Gasteiger partial charge in [-0.25, -0.2) is 4.98 Å². The van der Waals surface area contributed by atoms with Gasteiger partial charge in [0.1, 0.15) is 5.69 Å². The van der Waals surface area contributed by atoms with Crippen molar-refractivity contribution >= 4 is 16.9 Å². The number of para-hydroxylation sites is 2. The van der Waals surface area contributed by atoms with Gasteiger partial charge >= 0.3 is 0 Å². The molecule has 21 heavy (non-hydrogen) atoms. The molecule has 2 aromatic rings. The molecule has 6 nitrogen and oxygen atoms in total. The first-order valence-electron chi connectivity index (χ1n) is 6.99. The van der Waals surface area contributed by atoms with E-state index in [9.17, 15) is 9.90 Å². The Hall–Kier alpha value is -2.05. The zero-order valence-corrected chi connectivity index (χ0v) is 11.4. The molecule has 0 saturated heterocycles. The summed E-state index contributed by atoms with van der Waals surface area (Å²) >= 11 is 0. The summed E-state index contributed by atoms with van der Waals surface area (Å²) in [5.41, 5.74) is 1.67. The number of benzene rings is 1. The topological polar surface area (TPSA) is 95.3 Å². The van der Waals surface area contributed by atoms with Crippen molar-refractivity contribution in [1.82, 2.24) is 15.3 Å². The maximum Gasteiger partial charge on any atom is 0.271 e. The number of aromatic nitrogens is 2. The SMILES string of the molecule is O=C(N[C@H]1C[C@H](CO)[C@H](O)C1)c1cnc2ccccc2n1. The lowest BCUT2D eigenvalue weighted by Gasteiger charge is -2.12. The Labute approximate surface area is 121 Å². The van der Waals surface area contributed by atoms with Crippen LogP contribution in [0.25, 0.3) is 11.0 Å². The minimum atomic E-state index is -0.567. The molecular weight excluding hydrogens is 270 g/mol. The largest absolute Gasteiger partial charge is 0.396 e. The van der Waals surface area contributed by atoms with E-state index in [-0.39, 0.29) is 30.2 Å². The predicted molar refractivity (Wildman–Crippen MR) is 76.6 cm³/mol. The molecule has 6 heteroatoms. The van der Waals surface area contributed by atoms with Crippen LogP contribution < -0.4 is 5.32 Å². The number of nitrogens with one attached hydrogen (secondary N) is 1. The highest BCUT2D eigenvalue weighted by Gasteiger charge is 2.33. The van der Waals surface area contributed by atoms with Crippen LogP contribution in [0, 0.1) is 5.92 Å². The van der Waals surface area contributed by atoms with E-state index in [2.05, 4.69) is 15.3 Å². The van der Waals surface area contributed by atoms with Gasteiger partial charge in [-0.05, 0) is 25.0 Å². The Balaban J connectivity index is 1.72. The summed E-state index contributed by atoms with van der Waals surface area (Å²) in [6.07, 6.45) is 1.91. The molecule has 0 spiro atoms. The number of carbonyl (C=O) groups excluding carboxylic acids is 1. The fourth-order valence-corrected chi connectivity index (χ4v) is 2.74. The number of hydrogen-bond donors (Lipinski definition) is 3. The first-order valence-corrected chi connectivity index (χ1v) is 6.99. The van der Waals surface area contributed by atoms with E-state index >= 15 is 0 Å². The Kier molecular flexibility index (Phi) is 3.81. The van der Waals surface area contributed by atoms with Crippen LogP contribution in [0.1, 0.15) is 23.3 Å². The average Bonchev–Trinajstić information content (AvgIpc) is 2.86. The van der Waals surface area contributed by atoms with Crippen molar-refractivity contribution in [2.24, 2.45) is 5.92 Å². The Morgan fingerprint density at radius 1 is 1.29 bits per heavy atom. The highest BCUT2D eigenvalue weighted by molar-refractivity contribution is 5.93. The molecule has 3 atom stereocenters. The van der Waals surface area contributed by atoms with Crippen LogP contribution in [0.4, 0.5) is 0 Å². The zero-order valence-electron chi connectivity index (χ0n) is 11.4. The molecule has 1 heterocycles. The van der Waals surface area contributed by atoms with Crippen LogP contribution in [0.2, 0.25) is 0 Å². The van der Waals surface area contributed by atoms with Gasteiger partial charge in [-0.3, -0.25) is 9.78 Å². The number of hydrogen-bond acceptors (Lipinski definition) is 5. The number of aliphatic hydroxyl groups excluding tert-OH is 2. The van der Waals surface area contributed by atoms with Crippen molar-refractivity contribution in [1.29, 1.82) is 0 Å². The summed E-state index contributed by atoms with van der Waals surface area (Å²) < 4.78 is 0. The molecule has 0 unspecified atom stereocenters. The van der Waals surface area contributed by atoms with E-state index in [0.717, 1.165) is 5.52 Å². The molecule has 1 aromatic carbocycles. The molecule has 1 aliphatic carbocycles. The minimum Gasteiger partial charge on any atom is -0.396 e. The molecule has 1 fully saturated rings. The third-order valence-corrected chi connectivity index (χ3v) is 3.91. The van der Waals surface area contributed by atoms with Crippen molar-refractivity contribution < 1.29 is 15.0 Å². The van der Waals surface area contributed by atoms with Crippen LogP contribution in [-0.4, -0.2) is 44.8 Å². The summed E-state index contributed by atoms with van der Waals surface area (Å²) in [6, 6.07) is 7.21. The maximum atomic E-state index is 12.2. The summed E-state index contributed by atoms with van der Waals surface area (Å²) in [7, 11) is 0. The Bertz CT molecular complexity index is 661. The smallest absolute Gasteiger partial charge is 0.271 e. The first kappa shape index (κ1) is 13.9. The molecule has 1 aliphatic rings. The van der Waals surface area contributed by atoms with Gasteiger partial charge in [0.15, 0.2) is 0 Å². The Morgan fingerprint density at radius 2 is 2.05 bits per heavy atom. The van der Waals surface area contributed by atoms with E-state index in [4.69, 9.17) is 5.11 Å². The molecule has 0 radical (unpaired) electrons. The van der Waals surface area contributed by atoms with Gasteiger partial charge < -0.3 is 15.5 Å². The lowest BCUT2D eigenvalue weighted by atomic mass is 10.1. The lowest BCUT2D eigenvalue weighted by Crippen LogP contribution is -2.34. The summed E-state index contributed by atoms with van der Waals surface area (Å²) in [5.74, 6) is -0.470. The van der Waals surface area contributed by atoms with Crippen LogP contribution >= 0.6 is 0 Å². The Morgan fingerprint density at radius 3 is 2.76 bits per heavy atom. The third kappa shape index (κ3) is 2.86. The standard InChI is InChI=1S/C15H17N3O3/c19-8-9-5-10(6-14(9)20)17-15(21)13-7-16-11-3-1-2-4-12(11)18-13/h1-4,7,9-10,14,19-20H,5-6,8H2,(H,17,21)/t9-,10+,14-/m1/s1. The predicted octanol–water partition coefficient (Wildman–Crippen LogP) is 0.491. The number of aliphatic hydroxyl groups is 2. The van der Waals surface area contributed by atoms with Gasteiger partial charge in [0.2, 0.25) is 0 Å². The highest BCUT2D eigenvalue weighted by Crippen LogP contribution is 2.25. The van der Waals surface area contributed by atoms with Crippen molar-refractivity contribution in [3.8, 4) is 0 Å². The minimum absolute atomic E-state index is 0.0662. The van der Waals surface area contributed by atoms with Crippen LogP contribution in [0.15, 0.2) is 30.5 Å². The molecule has 3 rings (SSSR count). The molecule has 3 N–H and O–H groups in total. The molecule has 1 amide bonds. The number of amides is 1. The van der Waals surface area contributed by atoms with E-state index in [0.29, 0.717) is 18.4 Å². The summed E-state index contributed by atoms with van der Waals surface area (Å²) in [4.78, 5) is 20.7. The molecule has 1 saturated carbocycles. The normalized spacial score (nSPS) is 25.1. The number of fused-ring (bicyclic) bond motifs is 1. The van der Waals surface area contributed by atoms with E-state index in [1.54, 1.807) is 6.07 Å². The molecule has 0 bridgehead atoms. The fourth-order valence-electron chi connectivity index (χ4n) is 2.74. The second-order valence-electron chi connectivity index (χ2n) is 5.40. The summed E-state index contributed by atoms with van der Waals surface area (Å²) in [5, 5.41) is 21.7. The number of rotatable bonds is 3. The first-order chi connectivity index (χ1) is 10.2. The number of carbonyl (C=O) groups is 1. The summed E-state index contributed by atoms with van der Waals surface area (Å²) in [6.45, 7) is -0.0662. The van der Waals surface area contributed by atoms with Gasteiger partial charge in [-0.1, -0.05) is 12.1 Å². The van der Waals surface area contributed by atoms with Crippen LogP contribution in [0.5, 0.6) is 0 Å². The molecule has 110 valence electrons. The molecular formula is C15H17N3O3. The van der Waals surface area contributed by atoms with E-state index in [1.807, 2.05) is 18.2 Å². The van der Waals surface area contributed by atoms with E-state index < -0.39 is 6.10 Å². The van der Waals surface area contributed by atoms with E-state index in [1.165, 1.54) is 6.20 Å². The van der Waals surface area contributed by atoms with Gasteiger partial charge in [0, 0.05) is 18.6 Å². The highest BCUT2D eigenvalue weighted by atomic mass is 16.3. The van der Waals surface area contributed by atoms with Crippen molar-refractivity contribution in [2.45, 2.75) is 25.0 Å². The van der Waals surface area contributed by atoms with Crippen molar-refractivity contribution in [3.05, 3.63) is 36.2 Å². The van der Waals surface area contributed by atoms with Gasteiger partial charge in [0.25, 0.3) is 5.91 Å². The maximum absolute atomic E-state index is 12.2. The monoisotopic (exact) mass is 287 g/mol. The second kappa shape index (κ2) is 5.75. The van der Waals surface area contributed by atoms with Gasteiger partial charge in [-0.2, -0.15) is 0 Å². The number of nitrogens with zero attached hydrogens (tertiary/aromatic N) is 2. The molecule has 1 aromatic heterocycles.